The summed E-state index contributed by atoms with van der Waals surface area (Å²) in [6.07, 6.45) is 0.510. The number of carbonyl (C=O) groups is 1. The minimum Gasteiger partial charge on any atom is -0.480 e. The van der Waals surface area contributed by atoms with Gasteiger partial charge in [-0.3, -0.25) is 4.79 Å². The zero-order valence-corrected chi connectivity index (χ0v) is 11.7. The molecule has 2 N–H and O–H groups in total. The maximum absolute atomic E-state index is 11.5. The molecule has 0 aliphatic rings. The van der Waals surface area contributed by atoms with Crippen LogP contribution in [-0.2, 0) is 14.8 Å². The van der Waals surface area contributed by atoms with Crippen molar-refractivity contribution in [1.29, 1.82) is 0 Å². The summed E-state index contributed by atoms with van der Waals surface area (Å²) < 4.78 is 25.2. The third-order valence-corrected chi connectivity index (χ3v) is 5.12. The zero-order chi connectivity index (χ0) is 13.8. The second-order valence-corrected chi connectivity index (χ2v) is 6.69. The van der Waals surface area contributed by atoms with E-state index in [1.807, 2.05) is 0 Å². The van der Waals surface area contributed by atoms with Crippen LogP contribution in [0.3, 0.4) is 0 Å². The van der Waals surface area contributed by atoms with Crippen molar-refractivity contribution in [3.8, 4) is 0 Å². The van der Waals surface area contributed by atoms with Crippen molar-refractivity contribution in [2.75, 3.05) is 7.05 Å². The molecule has 1 atom stereocenters. The quantitative estimate of drug-likeness (QED) is 0.776. The molecule has 0 radical (unpaired) electrons. The van der Waals surface area contributed by atoms with Crippen LogP contribution in [0.15, 0.2) is 34.1 Å². The molecule has 7 heteroatoms. The van der Waals surface area contributed by atoms with Gasteiger partial charge in [-0.05, 0) is 37.7 Å². The molecule has 18 heavy (non-hydrogen) atoms. The largest absolute Gasteiger partial charge is 0.480 e. The van der Waals surface area contributed by atoms with Gasteiger partial charge in [-0.2, -0.15) is 0 Å². The van der Waals surface area contributed by atoms with E-state index in [9.17, 15) is 13.2 Å². The number of rotatable bonds is 6. The van der Waals surface area contributed by atoms with Gasteiger partial charge in [0.1, 0.15) is 5.25 Å². The molecular weight excluding hydrogens is 274 g/mol. The lowest BCUT2D eigenvalue weighted by molar-refractivity contribution is -0.136. The second kappa shape index (κ2) is 6.21. The minimum atomic E-state index is -3.44. The second-order valence-electron chi connectivity index (χ2n) is 3.53. The molecule has 1 unspecified atom stereocenters. The van der Waals surface area contributed by atoms with Gasteiger partial charge >= 0.3 is 5.97 Å². The Hall–Kier alpha value is -1.05. The first-order chi connectivity index (χ1) is 8.40. The minimum absolute atomic E-state index is 0.165. The molecule has 0 spiro atoms. The molecule has 0 aromatic heterocycles. The van der Waals surface area contributed by atoms with Gasteiger partial charge in [-0.1, -0.05) is 6.92 Å². The van der Waals surface area contributed by atoms with Gasteiger partial charge in [0.05, 0.1) is 4.90 Å². The molecule has 0 heterocycles. The van der Waals surface area contributed by atoms with E-state index in [4.69, 9.17) is 5.11 Å². The Labute approximate surface area is 111 Å². The predicted octanol–water partition coefficient (Wildman–Crippen LogP) is 1.55. The van der Waals surface area contributed by atoms with Crippen LogP contribution in [0, 0.1) is 0 Å². The number of carboxylic acids is 1. The number of thioether (sulfide) groups is 1. The predicted molar refractivity (Wildman–Crippen MR) is 70.3 cm³/mol. The van der Waals surface area contributed by atoms with Gasteiger partial charge in [0, 0.05) is 4.90 Å². The van der Waals surface area contributed by atoms with E-state index in [1.165, 1.54) is 30.9 Å². The Morgan fingerprint density at radius 3 is 2.33 bits per heavy atom. The average molecular weight is 289 g/mol. The number of aliphatic carboxylic acids is 1. The average Bonchev–Trinajstić information content (AvgIpc) is 2.36. The summed E-state index contributed by atoms with van der Waals surface area (Å²) in [6.45, 7) is 1.80. The molecule has 0 saturated carbocycles. The molecule has 0 bridgehead atoms. The summed E-state index contributed by atoms with van der Waals surface area (Å²) in [7, 11) is -2.10. The fraction of sp³-hybridized carbons (Fsp3) is 0.364. The number of nitrogens with one attached hydrogen (secondary N) is 1. The van der Waals surface area contributed by atoms with E-state index >= 15 is 0 Å². The highest BCUT2D eigenvalue weighted by Crippen LogP contribution is 2.26. The van der Waals surface area contributed by atoms with Crippen molar-refractivity contribution < 1.29 is 18.3 Å². The fourth-order valence-corrected chi connectivity index (χ4v) is 2.91. The highest BCUT2D eigenvalue weighted by molar-refractivity contribution is 8.00. The number of hydrogen-bond acceptors (Lipinski definition) is 4. The zero-order valence-electron chi connectivity index (χ0n) is 10.1. The molecule has 0 saturated heterocycles. The molecule has 1 rings (SSSR count). The Morgan fingerprint density at radius 2 is 1.94 bits per heavy atom. The van der Waals surface area contributed by atoms with Gasteiger partial charge in [-0.25, -0.2) is 13.1 Å². The third-order valence-electron chi connectivity index (χ3n) is 2.33. The van der Waals surface area contributed by atoms with E-state index in [0.29, 0.717) is 6.42 Å². The summed E-state index contributed by atoms with van der Waals surface area (Å²) >= 11 is 1.21. The van der Waals surface area contributed by atoms with Crippen LogP contribution >= 0.6 is 11.8 Å². The van der Waals surface area contributed by atoms with Crippen LogP contribution in [0.1, 0.15) is 13.3 Å². The Kier molecular flexibility index (Phi) is 5.18. The van der Waals surface area contributed by atoms with Crippen molar-refractivity contribution in [2.24, 2.45) is 0 Å². The summed E-state index contributed by atoms with van der Waals surface area (Å²) in [5.41, 5.74) is 0. The lowest BCUT2D eigenvalue weighted by atomic mass is 10.3. The molecule has 1 aromatic carbocycles. The van der Waals surface area contributed by atoms with Crippen LogP contribution in [0.4, 0.5) is 0 Å². The monoisotopic (exact) mass is 289 g/mol. The molecule has 0 aliphatic carbocycles. The fourth-order valence-electron chi connectivity index (χ4n) is 1.29. The van der Waals surface area contributed by atoms with Crippen LogP contribution in [0.2, 0.25) is 0 Å². The van der Waals surface area contributed by atoms with Gasteiger partial charge < -0.3 is 5.11 Å². The Bertz CT molecular complexity index is 510. The Balaban J connectivity index is 2.87. The van der Waals surface area contributed by atoms with E-state index in [-0.39, 0.29) is 4.90 Å². The van der Waals surface area contributed by atoms with Crippen molar-refractivity contribution in [2.45, 2.75) is 28.4 Å². The SMILES string of the molecule is CCC(Sc1ccc(S(=O)(=O)NC)cc1)C(=O)O. The standard InChI is InChI=1S/C11H15NO4S2/c1-3-10(11(13)14)17-8-4-6-9(7-5-8)18(15,16)12-2/h4-7,10,12H,3H2,1-2H3,(H,13,14). The smallest absolute Gasteiger partial charge is 0.316 e. The number of carboxylic acid groups (broad SMARTS) is 1. The molecule has 0 fully saturated rings. The number of benzene rings is 1. The topological polar surface area (TPSA) is 83.5 Å². The van der Waals surface area contributed by atoms with Crippen LogP contribution < -0.4 is 4.72 Å². The molecule has 1 aromatic rings. The molecule has 5 nitrogen and oxygen atoms in total. The summed E-state index contributed by atoms with van der Waals surface area (Å²) in [6, 6.07) is 6.15. The first-order valence-electron chi connectivity index (χ1n) is 5.33. The highest BCUT2D eigenvalue weighted by atomic mass is 32.2. The Morgan fingerprint density at radius 1 is 1.39 bits per heavy atom. The molecule has 100 valence electrons. The summed E-state index contributed by atoms with van der Waals surface area (Å²) in [5.74, 6) is -0.866. The molecule has 0 amide bonds. The maximum atomic E-state index is 11.5. The van der Waals surface area contributed by atoms with E-state index in [1.54, 1.807) is 19.1 Å². The van der Waals surface area contributed by atoms with Crippen LogP contribution in [0.5, 0.6) is 0 Å². The maximum Gasteiger partial charge on any atom is 0.316 e. The van der Waals surface area contributed by atoms with Gasteiger partial charge in [0.15, 0.2) is 0 Å². The first-order valence-corrected chi connectivity index (χ1v) is 7.70. The van der Waals surface area contributed by atoms with E-state index in [0.717, 1.165) is 4.90 Å². The van der Waals surface area contributed by atoms with E-state index < -0.39 is 21.2 Å². The van der Waals surface area contributed by atoms with Crippen molar-refractivity contribution in [3.63, 3.8) is 0 Å². The van der Waals surface area contributed by atoms with Gasteiger partial charge in [-0.15, -0.1) is 11.8 Å². The van der Waals surface area contributed by atoms with Crippen molar-refractivity contribution >= 4 is 27.8 Å². The summed E-state index contributed by atoms with van der Waals surface area (Å²) in [5, 5.41) is 8.41. The van der Waals surface area contributed by atoms with Crippen molar-refractivity contribution in [1.82, 2.24) is 4.72 Å². The third kappa shape index (κ3) is 3.72. The van der Waals surface area contributed by atoms with Gasteiger partial charge in [0.25, 0.3) is 0 Å². The van der Waals surface area contributed by atoms with Crippen molar-refractivity contribution in [3.05, 3.63) is 24.3 Å². The van der Waals surface area contributed by atoms with Gasteiger partial charge in [0.2, 0.25) is 10.0 Å². The van der Waals surface area contributed by atoms with E-state index in [2.05, 4.69) is 4.72 Å². The van der Waals surface area contributed by atoms with Crippen LogP contribution in [-0.4, -0.2) is 31.8 Å². The number of hydrogen-bond donors (Lipinski definition) is 2. The normalized spacial score (nSPS) is 13.2. The molecule has 0 aliphatic heterocycles. The molecular formula is C11H15NO4S2. The highest BCUT2D eigenvalue weighted by Gasteiger charge is 2.17. The lowest BCUT2D eigenvalue weighted by Crippen LogP contribution is -2.18. The number of sulfonamides is 1. The van der Waals surface area contributed by atoms with Crippen LogP contribution in [0.25, 0.3) is 0 Å². The summed E-state index contributed by atoms with van der Waals surface area (Å²) in [4.78, 5) is 11.8. The lowest BCUT2D eigenvalue weighted by Gasteiger charge is -2.09. The first kappa shape index (κ1) is 15.0.